The first-order chi connectivity index (χ1) is 7.74. The molecule has 0 spiro atoms. The molecule has 0 amide bonds. The van der Waals surface area contributed by atoms with Crippen molar-refractivity contribution in [3.8, 4) is 11.5 Å². The van der Waals surface area contributed by atoms with Crippen molar-refractivity contribution < 1.29 is 0 Å². The van der Waals surface area contributed by atoms with Gasteiger partial charge in [0.15, 0.2) is 5.82 Å². The maximum absolute atomic E-state index is 6.16. The van der Waals surface area contributed by atoms with E-state index in [1.165, 1.54) is 0 Å². The fraction of sp³-hybridized carbons (Fsp3) is 0.273. The van der Waals surface area contributed by atoms with Crippen LogP contribution in [0.5, 0.6) is 0 Å². The highest BCUT2D eigenvalue weighted by Gasteiger charge is 2.13. The monoisotopic (exact) mass is 236 g/mol. The van der Waals surface area contributed by atoms with E-state index in [9.17, 15) is 0 Å². The summed E-state index contributed by atoms with van der Waals surface area (Å²) in [5, 5.41) is 0.631. The van der Waals surface area contributed by atoms with Gasteiger partial charge in [0, 0.05) is 19.7 Å². The smallest absolute Gasteiger partial charge is 0.159 e. The summed E-state index contributed by atoms with van der Waals surface area (Å²) in [5.41, 5.74) is 7.15. The molecule has 5 heteroatoms. The third kappa shape index (κ3) is 1.94. The quantitative estimate of drug-likeness (QED) is 0.882. The summed E-state index contributed by atoms with van der Waals surface area (Å²) in [6, 6.07) is 5.70. The summed E-state index contributed by atoms with van der Waals surface area (Å²) in [4.78, 5) is 8.71. The van der Waals surface area contributed by atoms with Crippen molar-refractivity contribution in [2.75, 3.05) is 6.54 Å². The van der Waals surface area contributed by atoms with Crippen LogP contribution in [0.15, 0.2) is 24.4 Å². The average Bonchev–Trinajstić information content (AvgIpc) is 2.59. The van der Waals surface area contributed by atoms with Crippen molar-refractivity contribution in [3.05, 3.63) is 35.2 Å². The Morgan fingerprint density at radius 3 is 2.88 bits per heavy atom. The van der Waals surface area contributed by atoms with Gasteiger partial charge in [0.25, 0.3) is 0 Å². The number of nitrogens with two attached hydrogens (primary N) is 1. The van der Waals surface area contributed by atoms with Crippen molar-refractivity contribution >= 4 is 11.6 Å². The second-order valence-corrected chi connectivity index (χ2v) is 3.84. The Morgan fingerprint density at radius 2 is 2.25 bits per heavy atom. The highest BCUT2D eigenvalue weighted by Crippen LogP contribution is 2.23. The number of imidazole rings is 1. The highest BCUT2D eigenvalue weighted by atomic mass is 35.5. The Kier molecular flexibility index (Phi) is 3.22. The molecule has 0 radical (unpaired) electrons. The van der Waals surface area contributed by atoms with Gasteiger partial charge in [0.05, 0.1) is 5.69 Å². The van der Waals surface area contributed by atoms with E-state index in [1.54, 1.807) is 6.20 Å². The predicted octanol–water partition coefficient (Wildman–Crippen LogP) is 1.64. The van der Waals surface area contributed by atoms with Crippen molar-refractivity contribution in [3.63, 3.8) is 0 Å². The molecule has 0 saturated heterocycles. The molecule has 0 aromatic carbocycles. The van der Waals surface area contributed by atoms with Crippen LogP contribution in [0, 0.1) is 0 Å². The minimum Gasteiger partial charge on any atom is -0.330 e. The first kappa shape index (κ1) is 11.1. The summed E-state index contributed by atoms with van der Waals surface area (Å²) >= 11 is 6.16. The van der Waals surface area contributed by atoms with E-state index in [-0.39, 0.29) is 0 Å². The van der Waals surface area contributed by atoms with Gasteiger partial charge in [0.2, 0.25) is 0 Å². The maximum atomic E-state index is 6.16. The molecule has 2 N–H and O–H groups in total. The molecule has 16 heavy (non-hydrogen) atoms. The summed E-state index contributed by atoms with van der Waals surface area (Å²) in [7, 11) is 1.87. The normalized spacial score (nSPS) is 10.7. The molecular formula is C11H13ClN4. The second kappa shape index (κ2) is 4.63. The van der Waals surface area contributed by atoms with Crippen LogP contribution in [0.3, 0.4) is 0 Å². The lowest BCUT2D eigenvalue weighted by molar-refractivity contribution is 0.910. The summed E-state index contributed by atoms with van der Waals surface area (Å²) in [6.45, 7) is 0.540. The molecule has 2 heterocycles. The van der Waals surface area contributed by atoms with Gasteiger partial charge >= 0.3 is 0 Å². The van der Waals surface area contributed by atoms with Crippen LogP contribution < -0.4 is 5.73 Å². The van der Waals surface area contributed by atoms with Crippen LogP contribution in [-0.4, -0.2) is 21.1 Å². The van der Waals surface area contributed by atoms with Gasteiger partial charge in [-0.3, -0.25) is 4.98 Å². The number of hydrogen-bond acceptors (Lipinski definition) is 3. The molecule has 0 unspecified atom stereocenters. The molecule has 0 aliphatic heterocycles. The van der Waals surface area contributed by atoms with E-state index in [1.807, 2.05) is 29.8 Å². The first-order valence-electron chi connectivity index (χ1n) is 5.06. The predicted molar refractivity (Wildman–Crippen MR) is 64.2 cm³/mol. The lowest BCUT2D eigenvalue weighted by atomic mass is 10.3. The van der Waals surface area contributed by atoms with Gasteiger partial charge in [-0.1, -0.05) is 17.7 Å². The molecule has 84 valence electrons. The fourth-order valence-corrected chi connectivity index (χ4v) is 1.77. The molecule has 0 saturated carbocycles. The minimum atomic E-state index is 0.540. The van der Waals surface area contributed by atoms with Crippen molar-refractivity contribution in [1.29, 1.82) is 0 Å². The Hall–Kier alpha value is -1.39. The van der Waals surface area contributed by atoms with Crippen LogP contribution in [0.4, 0.5) is 0 Å². The Labute approximate surface area is 99.1 Å². The topological polar surface area (TPSA) is 56.7 Å². The zero-order chi connectivity index (χ0) is 11.5. The van der Waals surface area contributed by atoms with Gasteiger partial charge in [-0.25, -0.2) is 4.98 Å². The van der Waals surface area contributed by atoms with E-state index in [4.69, 9.17) is 17.3 Å². The van der Waals surface area contributed by atoms with Crippen LogP contribution in [-0.2, 0) is 13.5 Å². The Morgan fingerprint density at radius 1 is 1.44 bits per heavy atom. The lowest BCUT2D eigenvalue weighted by Gasteiger charge is -2.00. The van der Waals surface area contributed by atoms with E-state index in [0.29, 0.717) is 18.1 Å². The maximum Gasteiger partial charge on any atom is 0.159 e. The van der Waals surface area contributed by atoms with Gasteiger partial charge in [-0.05, 0) is 18.7 Å². The van der Waals surface area contributed by atoms with Crippen LogP contribution in [0.2, 0.25) is 5.15 Å². The van der Waals surface area contributed by atoms with E-state index < -0.39 is 0 Å². The van der Waals surface area contributed by atoms with Gasteiger partial charge in [-0.2, -0.15) is 0 Å². The number of rotatable bonds is 3. The molecule has 2 aromatic rings. The molecule has 0 aliphatic rings. The van der Waals surface area contributed by atoms with Crippen LogP contribution in [0.1, 0.15) is 5.69 Å². The molecule has 0 fully saturated rings. The van der Waals surface area contributed by atoms with Crippen LogP contribution in [0.25, 0.3) is 11.5 Å². The SMILES string of the molecule is Cn1c(-c2ccccn2)nc(CCN)c1Cl. The van der Waals surface area contributed by atoms with E-state index in [2.05, 4.69) is 9.97 Å². The largest absolute Gasteiger partial charge is 0.330 e. The number of aromatic nitrogens is 3. The van der Waals surface area contributed by atoms with Gasteiger partial charge < -0.3 is 10.3 Å². The zero-order valence-electron chi connectivity index (χ0n) is 9.02. The lowest BCUT2D eigenvalue weighted by Crippen LogP contribution is -2.03. The third-order valence-electron chi connectivity index (χ3n) is 2.37. The Bertz CT molecular complexity index is 478. The molecule has 2 rings (SSSR count). The average molecular weight is 237 g/mol. The number of hydrogen-bond donors (Lipinski definition) is 1. The van der Waals surface area contributed by atoms with Crippen molar-refractivity contribution in [2.24, 2.45) is 12.8 Å². The molecule has 0 atom stereocenters. The highest BCUT2D eigenvalue weighted by molar-refractivity contribution is 6.30. The zero-order valence-corrected chi connectivity index (χ0v) is 9.78. The molecule has 0 bridgehead atoms. The number of halogens is 1. The summed E-state index contributed by atoms with van der Waals surface area (Å²) < 4.78 is 1.83. The van der Waals surface area contributed by atoms with Crippen molar-refractivity contribution in [1.82, 2.24) is 14.5 Å². The molecule has 4 nitrogen and oxygen atoms in total. The second-order valence-electron chi connectivity index (χ2n) is 3.49. The van der Waals surface area contributed by atoms with Gasteiger partial charge in [-0.15, -0.1) is 0 Å². The Balaban J connectivity index is 2.46. The summed E-state index contributed by atoms with van der Waals surface area (Å²) in [5.74, 6) is 0.772. The first-order valence-corrected chi connectivity index (χ1v) is 5.44. The third-order valence-corrected chi connectivity index (χ3v) is 2.84. The number of pyridine rings is 1. The van der Waals surface area contributed by atoms with Gasteiger partial charge in [0.1, 0.15) is 10.8 Å². The fourth-order valence-electron chi connectivity index (χ4n) is 1.56. The van der Waals surface area contributed by atoms with E-state index in [0.717, 1.165) is 17.2 Å². The van der Waals surface area contributed by atoms with Crippen molar-refractivity contribution in [2.45, 2.75) is 6.42 Å². The molecule has 0 aliphatic carbocycles. The number of nitrogens with zero attached hydrogens (tertiary/aromatic N) is 3. The van der Waals surface area contributed by atoms with Crippen LogP contribution >= 0.6 is 11.6 Å². The molecular weight excluding hydrogens is 224 g/mol. The standard InChI is InChI=1S/C11H13ClN4/c1-16-10(12)8(5-6-13)15-11(16)9-4-2-3-7-14-9/h2-4,7H,5-6,13H2,1H3. The van der Waals surface area contributed by atoms with E-state index >= 15 is 0 Å². The summed E-state index contributed by atoms with van der Waals surface area (Å²) in [6.07, 6.45) is 2.42. The molecule has 2 aromatic heterocycles. The minimum absolute atomic E-state index is 0.540.